The Hall–Kier alpha value is -1.35. The van der Waals surface area contributed by atoms with E-state index in [1.54, 1.807) is 0 Å². The highest BCUT2D eigenvalue weighted by Gasteiger charge is 2.14. The molecule has 0 aliphatic heterocycles. The Labute approximate surface area is 109 Å². The first-order chi connectivity index (χ1) is 8.40. The van der Waals surface area contributed by atoms with Crippen molar-refractivity contribution in [1.29, 1.82) is 0 Å². The van der Waals surface area contributed by atoms with E-state index in [-0.39, 0.29) is 18.4 Å². The van der Waals surface area contributed by atoms with Gasteiger partial charge in [-0.15, -0.1) is 0 Å². The van der Waals surface area contributed by atoms with Crippen molar-refractivity contribution in [3.63, 3.8) is 0 Å². The number of hydrogen-bond acceptors (Lipinski definition) is 2. The zero-order chi connectivity index (χ0) is 13.7. The molecular weight excluding hydrogens is 226 g/mol. The summed E-state index contributed by atoms with van der Waals surface area (Å²) in [5, 5.41) is 8.72. The van der Waals surface area contributed by atoms with Gasteiger partial charge in [0, 0.05) is 12.5 Å². The Morgan fingerprint density at radius 3 is 2.11 bits per heavy atom. The zero-order valence-corrected chi connectivity index (χ0v) is 11.4. The van der Waals surface area contributed by atoms with Crippen molar-refractivity contribution >= 4 is 5.97 Å². The second-order valence-corrected chi connectivity index (χ2v) is 5.37. The molecule has 0 fully saturated rings. The van der Waals surface area contributed by atoms with Gasteiger partial charge in [0.25, 0.3) is 0 Å². The molecule has 100 valence electrons. The van der Waals surface area contributed by atoms with Crippen LogP contribution in [0.3, 0.4) is 0 Å². The van der Waals surface area contributed by atoms with Crippen LogP contribution in [-0.2, 0) is 4.79 Å². The van der Waals surface area contributed by atoms with Crippen LogP contribution >= 0.6 is 0 Å². The van der Waals surface area contributed by atoms with Crippen molar-refractivity contribution < 1.29 is 9.90 Å². The molecule has 0 saturated carbocycles. The Bertz CT molecular complexity index is 384. The highest BCUT2D eigenvalue weighted by atomic mass is 16.4. The Balaban J connectivity index is 2.61. The van der Waals surface area contributed by atoms with E-state index in [1.807, 2.05) is 19.1 Å². The summed E-state index contributed by atoms with van der Waals surface area (Å²) < 4.78 is 0. The van der Waals surface area contributed by atoms with Gasteiger partial charge in [0.1, 0.15) is 0 Å². The van der Waals surface area contributed by atoms with Crippen molar-refractivity contribution in [1.82, 2.24) is 0 Å². The molecule has 1 aromatic carbocycles. The smallest absolute Gasteiger partial charge is 0.303 e. The minimum atomic E-state index is -0.759. The summed E-state index contributed by atoms with van der Waals surface area (Å²) in [5.41, 5.74) is 8.48. The van der Waals surface area contributed by atoms with Crippen molar-refractivity contribution in [3.05, 3.63) is 35.4 Å². The molecule has 2 unspecified atom stereocenters. The second kappa shape index (κ2) is 6.55. The first-order valence-electron chi connectivity index (χ1n) is 6.47. The monoisotopic (exact) mass is 249 g/mol. The van der Waals surface area contributed by atoms with Crippen LogP contribution in [-0.4, -0.2) is 11.1 Å². The van der Waals surface area contributed by atoms with E-state index in [9.17, 15) is 4.79 Å². The fourth-order valence-corrected chi connectivity index (χ4v) is 2.08. The maximum atomic E-state index is 10.6. The highest BCUT2D eigenvalue weighted by molar-refractivity contribution is 5.66. The molecule has 0 aliphatic rings. The number of nitrogens with two attached hydrogens (primary N) is 1. The van der Waals surface area contributed by atoms with Crippen LogP contribution in [0.1, 0.15) is 56.7 Å². The third kappa shape index (κ3) is 4.49. The van der Waals surface area contributed by atoms with Crippen LogP contribution in [0.25, 0.3) is 0 Å². The molecule has 0 heterocycles. The summed E-state index contributed by atoms with van der Waals surface area (Å²) in [4.78, 5) is 10.6. The SMILES string of the molecule is CC(CC(=O)O)CC(N)c1ccc(C(C)C)cc1. The number of carboxylic acid groups (broad SMARTS) is 1. The predicted octanol–water partition coefficient (Wildman–Crippen LogP) is 3.31. The average Bonchev–Trinajstić information content (AvgIpc) is 2.27. The minimum absolute atomic E-state index is 0.0828. The molecule has 1 aromatic rings. The molecule has 18 heavy (non-hydrogen) atoms. The highest BCUT2D eigenvalue weighted by Crippen LogP contribution is 2.23. The second-order valence-electron chi connectivity index (χ2n) is 5.37. The molecule has 1 rings (SSSR count). The molecule has 3 nitrogen and oxygen atoms in total. The Morgan fingerprint density at radius 2 is 1.67 bits per heavy atom. The van der Waals surface area contributed by atoms with E-state index < -0.39 is 5.97 Å². The Kier molecular flexibility index (Phi) is 5.35. The number of rotatable bonds is 6. The van der Waals surface area contributed by atoms with Gasteiger partial charge < -0.3 is 10.8 Å². The fraction of sp³-hybridized carbons (Fsp3) is 0.533. The van der Waals surface area contributed by atoms with E-state index in [0.717, 1.165) is 5.56 Å². The van der Waals surface area contributed by atoms with Crippen LogP contribution < -0.4 is 5.73 Å². The van der Waals surface area contributed by atoms with Crippen LogP contribution in [0.2, 0.25) is 0 Å². The number of aliphatic carboxylic acids is 1. The molecular formula is C15H23NO2. The maximum Gasteiger partial charge on any atom is 0.303 e. The topological polar surface area (TPSA) is 63.3 Å². The molecule has 3 N–H and O–H groups in total. The molecule has 0 spiro atoms. The van der Waals surface area contributed by atoms with Gasteiger partial charge in [0.05, 0.1) is 0 Å². The predicted molar refractivity (Wildman–Crippen MR) is 73.5 cm³/mol. The van der Waals surface area contributed by atoms with E-state index in [0.29, 0.717) is 12.3 Å². The van der Waals surface area contributed by atoms with Crippen molar-refractivity contribution in [2.45, 2.75) is 45.6 Å². The summed E-state index contributed by atoms with van der Waals surface area (Å²) in [6.07, 6.45) is 0.880. The average molecular weight is 249 g/mol. The zero-order valence-electron chi connectivity index (χ0n) is 11.4. The van der Waals surface area contributed by atoms with Crippen LogP contribution in [0.5, 0.6) is 0 Å². The summed E-state index contributed by atoms with van der Waals surface area (Å²) in [6, 6.07) is 8.21. The van der Waals surface area contributed by atoms with E-state index in [1.165, 1.54) is 5.56 Å². The van der Waals surface area contributed by atoms with Gasteiger partial charge in [-0.1, -0.05) is 45.0 Å². The number of carboxylic acids is 1. The van der Waals surface area contributed by atoms with Gasteiger partial charge in [-0.3, -0.25) is 4.79 Å². The first-order valence-corrected chi connectivity index (χ1v) is 6.47. The third-order valence-corrected chi connectivity index (χ3v) is 3.21. The van der Waals surface area contributed by atoms with Gasteiger partial charge >= 0.3 is 5.97 Å². The molecule has 2 atom stereocenters. The fourth-order valence-electron chi connectivity index (χ4n) is 2.08. The lowest BCUT2D eigenvalue weighted by Gasteiger charge is -2.17. The maximum absolute atomic E-state index is 10.6. The van der Waals surface area contributed by atoms with Crippen molar-refractivity contribution in [3.8, 4) is 0 Å². The number of benzene rings is 1. The lowest BCUT2D eigenvalue weighted by atomic mass is 9.93. The summed E-state index contributed by atoms with van der Waals surface area (Å²) in [7, 11) is 0. The van der Waals surface area contributed by atoms with Crippen LogP contribution in [0, 0.1) is 5.92 Å². The van der Waals surface area contributed by atoms with E-state index in [4.69, 9.17) is 10.8 Å². The van der Waals surface area contributed by atoms with E-state index >= 15 is 0 Å². The van der Waals surface area contributed by atoms with Gasteiger partial charge in [-0.05, 0) is 29.4 Å². The first kappa shape index (κ1) is 14.7. The summed E-state index contributed by atoms with van der Waals surface area (Å²) >= 11 is 0. The molecule has 3 heteroatoms. The standard InChI is InChI=1S/C15H23NO2/c1-10(2)12-4-6-13(7-5-12)14(16)8-11(3)9-15(17)18/h4-7,10-11,14H,8-9,16H2,1-3H3,(H,17,18). The number of carbonyl (C=O) groups is 1. The normalized spacial score (nSPS) is 14.5. The van der Waals surface area contributed by atoms with Gasteiger partial charge in [0.2, 0.25) is 0 Å². The van der Waals surface area contributed by atoms with Gasteiger partial charge in [-0.25, -0.2) is 0 Å². The molecule has 0 bridgehead atoms. The molecule has 0 saturated heterocycles. The summed E-state index contributed by atoms with van der Waals surface area (Å²) in [6.45, 7) is 6.24. The Morgan fingerprint density at radius 1 is 1.17 bits per heavy atom. The van der Waals surface area contributed by atoms with Crippen molar-refractivity contribution in [2.24, 2.45) is 11.7 Å². The summed E-state index contributed by atoms with van der Waals surface area (Å²) in [5.74, 6) is -0.145. The quantitative estimate of drug-likeness (QED) is 0.813. The van der Waals surface area contributed by atoms with Crippen LogP contribution in [0.4, 0.5) is 0 Å². The molecule has 0 amide bonds. The molecule has 0 aliphatic carbocycles. The largest absolute Gasteiger partial charge is 0.481 e. The molecule has 0 aromatic heterocycles. The third-order valence-electron chi connectivity index (χ3n) is 3.21. The van der Waals surface area contributed by atoms with Crippen molar-refractivity contribution in [2.75, 3.05) is 0 Å². The van der Waals surface area contributed by atoms with Gasteiger partial charge in [0.15, 0.2) is 0 Å². The number of hydrogen-bond donors (Lipinski definition) is 2. The lowest BCUT2D eigenvalue weighted by Crippen LogP contribution is -2.16. The van der Waals surface area contributed by atoms with Gasteiger partial charge in [-0.2, -0.15) is 0 Å². The van der Waals surface area contributed by atoms with Crippen LogP contribution in [0.15, 0.2) is 24.3 Å². The lowest BCUT2D eigenvalue weighted by molar-refractivity contribution is -0.138. The minimum Gasteiger partial charge on any atom is -0.481 e. The molecule has 0 radical (unpaired) electrons. The van der Waals surface area contributed by atoms with E-state index in [2.05, 4.69) is 26.0 Å².